The summed E-state index contributed by atoms with van der Waals surface area (Å²) in [5, 5.41) is 3.23. The number of benzene rings is 1. The van der Waals surface area contributed by atoms with Crippen LogP contribution in [0.1, 0.15) is 18.1 Å². The second kappa shape index (κ2) is 5.48. The van der Waals surface area contributed by atoms with Gasteiger partial charge in [0.05, 0.1) is 4.47 Å². The highest BCUT2D eigenvalue weighted by Crippen LogP contribution is 2.27. The Bertz CT molecular complexity index is 547. The summed E-state index contributed by atoms with van der Waals surface area (Å²) in [6.45, 7) is 7.05. The Morgan fingerprint density at radius 1 is 1.22 bits per heavy atom. The summed E-state index contributed by atoms with van der Waals surface area (Å²) < 4.78 is 0.888. The minimum absolute atomic E-state index is 0.768. The molecule has 3 nitrogen and oxygen atoms in total. The molecule has 1 aromatic carbocycles. The van der Waals surface area contributed by atoms with Gasteiger partial charge < -0.3 is 5.32 Å². The summed E-state index contributed by atoms with van der Waals surface area (Å²) in [5.41, 5.74) is 3.50. The lowest BCUT2D eigenvalue weighted by Gasteiger charge is -2.11. The van der Waals surface area contributed by atoms with Gasteiger partial charge in [-0.05, 0) is 47.8 Å². The van der Waals surface area contributed by atoms with Gasteiger partial charge in [-0.3, -0.25) is 0 Å². The molecule has 0 aliphatic heterocycles. The Kier molecular flexibility index (Phi) is 3.97. The molecule has 0 aliphatic rings. The van der Waals surface area contributed by atoms with E-state index >= 15 is 0 Å². The van der Waals surface area contributed by atoms with Gasteiger partial charge in [0, 0.05) is 18.3 Å². The molecule has 4 heteroatoms. The van der Waals surface area contributed by atoms with Crippen molar-refractivity contribution in [1.82, 2.24) is 9.97 Å². The first-order valence-corrected chi connectivity index (χ1v) is 6.75. The Morgan fingerprint density at radius 3 is 2.50 bits per heavy atom. The summed E-state index contributed by atoms with van der Waals surface area (Å²) in [7, 11) is 0. The minimum atomic E-state index is 0.768. The molecule has 0 spiro atoms. The Morgan fingerprint density at radius 2 is 1.89 bits per heavy atom. The van der Waals surface area contributed by atoms with E-state index in [-0.39, 0.29) is 0 Å². The standard InChI is InChI=1S/C14H16BrN3/c1-4-16-13-11(15)8-17-14(18-13)12-9(2)6-5-7-10(12)3/h5-8H,4H2,1-3H3,(H,16,17,18). The second-order valence-electron chi connectivity index (χ2n) is 4.19. The first-order valence-electron chi connectivity index (χ1n) is 5.96. The molecular formula is C14H16BrN3. The average Bonchev–Trinajstić information content (AvgIpc) is 2.33. The number of nitrogens with zero attached hydrogens (tertiary/aromatic N) is 2. The molecule has 0 saturated carbocycles. The van der Waals surface area contributed by atoms with Crippen molar-refractivity contribution in [2.45, 2.75) is 20.8 Å². The molecule has 2 rings (SSSR count). The zero-order valence-electron chi connectivity index (χ0n) is 10.8. The van der Waals surface area contributed by atoms with E-state index in [1.807, 2.05) is 6.92 Å². The predicted molar refractivity (Wildman–Crippen MR) is 78.8 cm³/mol. The van der Waals surface area contributed by atoms with E-state index < -0.39 is 0 Å². The van der Waals surface area contributed by atoms with Crippen LogP contribution in [-0.2, 0) is 0 Å². The van der Waals surface area contributed by atoms with E-state index in [1.165, 1.54) is 11.1 Å². The molecule has 18 heavy (non-hydrogen) atoms. The van der Waals surface area contributed by atoms with Crippen LogP contribution in [0.3, 0.4) is 0 Å². The highest BCUT2D eigenvalue weighted by atomic mass is 79.9. The minimum Gasteiger partial charge on any atom is -0.369 e. The highest BCUT2D eigenvalue weighted by molar-refractivity contribution is 9.10. The van der Waals surface area contributed by atoms with Crippen molar-refractivity contribution < 1.29 is 0 Å². The van der Waals surface area contributed by atoms with Gasteiger partial charge in [-0.2, -0.15) is 0 Å². The van der Waals surface area contributed by atoms with E-state index in [4.69, 9.17) is 0 Å². The SMILES string of the molecule is CCNc1nc(-c2c(C)cccc2C)ncc1Br. The second-order valence-corrected chi connectivity index (χ2v) is 5.04. The van der Waals surface area contributed by atoms with Gasteiger partial charge in [-0.1, -0.05) is 18.2 Å². The molecule has 1 N–H and O–H groups in total. The van der Waals surface area contributed by atoms with Crippen molar-refractivity contribution in [3.63, 3.8) is 0 Å². The monoisotopic (exact) mass is 305 g/mol. The molecule has 0 radical (unpaired) electrons. The number of rotatable bonds is 3. The third-order valence-electron chi connectivity index (χ3n) is 2.79. The van der Waals surface area contributed by atoms with Crippen LogP contribution in [0.2, 0.25) is 0 Å². The number of hydrogen-bond donors (Lipinski definition) is 1. The lowest BCUT2D eigenvalue weighted by molar-refractivity contribution is 1.10. The predicted octanol–water partition coefficient (Wildman–Crippen LogP) is 3.95. The van der Waals surface area contributed by atoms with E-state index in [0.717, 1.165) is 28.2 Å². The van der Waals surface area contributed by atoms with Crippen LogP contribution >= 0.6 is 15.9 Å². The molecule has 0 saturated heterocycles. The summed E-state index contributed by atoms with van der Waals surface area (Å²) in [6.07, 6.45) is 1.80. The fraction of sp³-hybridized carbons (Fsp3) is 0.286. The number of aryl methyl sites for hydroxylation is 2. The molecule has 0 bridgehead atoms. The molecule has 0 unspecified atom stereocenters. The van der Waals surface area contributed by atoms with Crippen LogP contribution < -0.4 is 5.32 Å². The number of anilines is 1. The fourth-order valence-corrected chi connectivity index (χ4v) is 2.28. The molecule has 0 atom stereocenters. The lowest BCUT2D eigenvalue weighted by Crippen LogP contribution is -2.03. The highest BCUT2D eigenvalue weighted by Gasteiger charge is 2.10. The third-order valence-corrected chi connectivity index (χ3v) is 3.37. The number of hydrogen-bond acceptors (Lipinski definition) is 3. The topological polar surface area (TPSA) is 37.8 Å². The van der Waals surface area contributed by atoms with E-state index in [9.17, 15) is 0 Å². The molecule has 0 aliphatic carbocycles. The smallest absolute Gasteiger partial charge is 0.162 e. The van der Waals surface area contributed by atoms with Gasteiger partial charge in [0.1, 0.15) is 5.82 Å². The third kappa shape index (κ3) is 2.53. The van der Waals surface area contributed by atoms with Gasteiger partial charge in [-0.25, -0.2) is 9.97 Å². The zero-order valence-corrected chi connectivity index (χ0v) is 12.4. The largest absolute Gasteiger partial charge is 0.369 e. The van der Waals surface area contributed by atoms with Crippen LogP contribution in [0.15, 0.2) is 28.9 Å². The zero-order chi connectivity index (χ0) is 13.1. The first kappa shape index (κ1) is 13.0. The van der Waals surface area contributed by atoms with Gasteiger partial charge in [0.25, 0.3) is 0 Å². The van der Waals surface area contributed by atoms with Crippen molar-refractivity contribution in [1.29, 1.82) is 0 Å². The van der Waals surface area contributed by atoms with Crippen LogP contribution in [-0.4, -0.2) is 16.5 Å². The van der Waals surface area contributed by atoms with Gasteiger partial charge in [-0.15, -0.1) is 0 Å². The quantitative estimate of drug-likeness (QED) is 0.933. The first-order chi connectivity index (χ1) is 8.63. The molecule has 2 aromatic rings. The Labute approximate surface area is 116 Å². The van der Waals surface area contributed by atoms with Gasteiger partial charge >= 0.3 is 0 Å². The van der Waals surface area contributed by atoms with Crippen LogP contribution in [0.25, 0.3) is 11.4 Å². The number of halogens is 1. The summed E-state index contributed by atoms with van der Waals surface area (Å²) in [4.78, 5) is 9.00. The van der Waals surface area contributed by atoms with Crippen molar-refractivity contribution in [2.75, 3.05) is 11.9 Å². The van der Waals surface area contributed by atoms with Crippen molar-refractivity contribution >= 4 is 21.7 Å². The average molecular weight is 306 g/mol. The fourth-order valence-electron chi connectivity index (χ4n) is 1.95. The molecule has 0 fully saturated rings. The van der Waals surface area contributed by atoms with Gasteiger partial charge in [0.15, 0.2) is 5.82 Å². The lowest BCUT2D eigenvalue weighted by atomic mass is 10.0. The molecule has 1 heterocycles. The van der Waals surface area contributed by atoms with Crippen molar-refractivity contribution in [3.05, 3.63) is 40.0 Å². The molecule has 0 amide bonds. The van der Waals surface area contributed by atoms with E-state index in [0.29, 0.717) is 0 Å². The number of aromatic nitrogens is 2. The normalized spacial score (nSPS) is 10.4. The Hall–Kier alpha value is -1.42. The molecular weight excluding hydrogens is 290 g/mol. The van der Waals surface area contributed by atoms with Crippen LogP contribution in [0.4, 0.5) is 5.82 Å². The van der Waals surface area contributed by atoms with Crippen molar-refractivity contribution in [2.24, 2.45) is 0 Å². The summed E-state index contributed by atoms with van der Waals surface area (Å²) in [5.74, 6) is 1.61. The number of nitrogens with one attached hydrogen (secondary N) is 1. The summed E-state index contributed by atoms with van der Waals surface area (Å²) in [6, 6.07) is 6.22. The van der Waals surface area contributed by atoms with E-state index in [1.54, 1.807) is 6.20 Å². The maximum atomic E-state index is 4.58. The maximum Gasteiger partial charge on any atom is 0.162 e. The molecule has 94 valence electrons. The van der Waals surface area contributed by atoms with Crippen LogP contribution in [0, 0.1) is 13.8 Å². The van der Waals surface area contributed by atoms with Crippen LogP contribution in [0.5, 0.6) is 0 Å². The molecule has 1 aromatic heterocycles. The van der Waals surface area contributed by atoms with Gasteiger partial charge in [0.2, 0.25) is 0 Å². The summed E-state index contributed by atoms with van der Waals surface area (Å²) >= 11 is 3.45. The maximum absolute atomic E-state index is 4.58. The Balaban J connectivity index is 2.54. The van der Waals surface area contributed by atoms with E-state index in [2.05, 4.69) is 63.3 Å². The van der Waals surface area contributed by atoms with Crippen molar-refractivity contribution in [3.8, 4) is 11.4 Å².